The van der Waals surface area contributed by atoms with Crippen LogP contribution in [-0.4, -0.2) is 30.3 Å². The molecule has 0 radical (unpaired) electrons. The van der Waals surface area contributed by atoms with Crippen LogP contribution in [0.5, 0.6) is 0 Å². The van der Waals surface area contributed by atoms with E-state index in [1.165, 1.54) is 16.7 Å². The van der Waals surface area contributed by atoms with Gasteiger partial charge in [0.1, 0.15) is 7.14 Å². The fourth-order valence-corrected chi connectivity index (χ4v) is 14.9. The molecule has 0 N–H and O–H groups in total. The van der Waals surface area contributed by atoms with E-state index in [0.29, 0.717) is 0 Å². The summed E-state index contributed by atoms with van der Waals surface area (Å²) in [5, 5.41) is 0. The predicted octanol–water partition coefficient (Wildman–Crippen LogP) is 4.37. The Bertz CT molecular complexity index is 613. The molecule has 2 nitrogen and oxygen atoms in total. The molecule has 18 heavy (non-hydrogen) atoms. The monoisotopic (exact) mass is 284 g/mol. The van der Waals surface area contributed by atoms with Crippen molar-refractivity contribution < 1.29 is 9.13 Å². The van der Waals surface area contributed by atoms with Crippen LogP contribution in [-0.2, 0) is 9.13 Å². The van der Waals surface area contributed by atoms with Gasteiger partial charge >= 0.3 is 0 Å². The van der Waals surface area contributed by atoms with Gasteiger partial charge in [-0.05, 0) is 39.9 Å². The Morgan fingerprint density at radius 3 is 2.22 bits per heavy atom. The normalized spacial score (nSPS) is 58.1. The summed E-state index contributed by atoms with van der Waals surface area (Å²) in [4.78, 5) is 0. The van der Waals surface area contributed by atoms with Crippen LogP contribution in [0.2, 0.25) is 0 Å². The summed E-state index contributed by atoms with van der Waals surface area (Å²) in [6.45, 7) is 12.3. The first kappa shape index (κ1) is 12.9. The number of hydrogen-bond acceptors (Lipinski definition) is 2. The molecule has 3 rings (SSSR count). The van der Waals surface area contributed by atoms with Gasteiger partial charge in [0.2, 0.25) is 0 Å². The molecule has 2 bridgehead atoms. The van der Waals surface area contributed by atoms with Crippen LogP contribution in [0, 0.1) is 5.41 Å². The minimum Gasteiger partial charge on any atom is -0.323 e. The van der Waals surface area contributed by atoms with Crippen molar-refractivity contribution in [1.82, 2.24) is 0 Å². The van der Waals surface area contributed by atoms with Crippen molar-refractivity contribution in [3.05, 3.63) is 22.5 Å². The van der Waals surface area contributed by atoms with E-state index in [4.69, 9.17) is 0 Å². The molecular formula is C14H22O2P2. The Balaban J connectivity index is 2.35. The van der Waals surface area contributed by atoms with Crippen LogP contribution in [0.3, 0.4) is 0 Å². The van der Waals surface area contributed by atoms with E-state index < -0.39 is 14.3 Å². The molecule has 0 aliphatic carbocycles. The SMILES string of the molecule is CC1=CP(C)(=O)[C@@H]2[C@@H]3C(C)=C(C)[C@H]([C@]12C)P3(C)=O. The van der Waals surface area contributed by atoms with Crippen molar-refractivity contribution >= 4 is 14.3 Å². The van der Waals surface area contributed by atoms with Crippen molar-refractivity contribution in [1.29, 1.82) is 0 Å². The van der Waals surface area contributed by atoms with Crippen molar-refractivity contribution in [2.24, 2.45) is 5.41 Å². The second-order valence-electron chi connectivity index (χ2n) is 6.87. The topological polar surface area (TPSA) is 34.1 Å². The number of hydrogen-bond donors (Lipinski definition) is 0. The fraction of sp³-hybridized carbons (Fsp3) is 0.714. The van der Waals surface area contributed by atoms with Crippen molar-refractivity contribution in [2.75, 3.05) is 13.3 Å². The zero-order valence-electron chi connectivity index (χ0n) is 12.0. The average molecular weight is 284 g/mol. The molecule has 0 aromatic rings. The summed E-state index contributed by atoms with van der Waals surface area (Å²) in [7, 11) is -4.60. The second kappa shape index (κ2) is 3.15. The van der Waals surface area contributed by atoms with E-state index in [9.17, 15) is 9.13 Å². The highest BCUT2D eigenvalue weighted by Crippen LogP contribution is 2.85. The van der Waals surface area contributed by atoms with E-state index in [0.717, 1.165) is 0 Å². The molecule has 3 aliphatic rings. The Labute approximate surface area is 110 Å². The van der Waals surface area contributed by atoms with Crippen LogP contribution in [0.4, 0.5) is 0 Å². The van der Waals surface area contributed by atoms with Gasteiger partial charge < -0.3 is 9.13 Å². The number of allylic oxidation sites excluding steroid dienone is 3. The van der Waals surface area contributed by atoms with Gasteiger partial charge in [0.05, 0.1) is 7.14 Å². The van der Waals surface area contributed by atoms with E-state index in [2.05, 4.69) is 27.7 Å². The predicted molar refractivity (Wildman–Crippen MR) is 78.7 cm³/mol. The van der Waals surface area contributed by atoms with Gasteiger partial charge in [0, 0.05) is 22.4 Å². The zero-order valence-corrected chi connectivity index (χ0v) is 13.8. The highest BCUT2D eigenvalue weighted by molar-refractivity contribution is 7.72. The Morgan fingerprint density at radius 1 is 1.11 bits per heavy atom. The molecule has 0 amide bonds. The van der Waals surface area contributed by atoms with Crippen LogP contribution >= 0.6 is 14.3 Å². The fourth-order valence-electron chi connectivity index (χ4n) is 5.23. The third kappa shape index (κ3) is 1.10. The highest BCUT2D eigenvalue weighted by atomic mass is 31.2. The van der Waals surface area contributed by atoms with E-state index in [-0.39, 0.29) is 22.4 Å². The lowest BCUT2D eigenvalue weighted by atomic mass is 9.69. The molecule has 0 aromatic carbocycles. The van der Waals surface area contributed by atoms with Crippen molar-refractivity contribution in [2.45, 2.75) is 44.7 Å². The number of rotatable bonds is 0. The van der Waals surface area contributed by atoms with Gasteiger partial charge in [0.15, 0.2) is 0 Å². The van der Waals surface area contributed by atoms with Gasteiger partial charge in [-0.25, -0.2) is 0 Å². The maximum Gasteiger partial charge on any atom is 0.110 e. The lowest BCUT2D eigenvalue weighted by molar-refractivity contribution is 0.390. The minimum absolute atomic E-state index is 0.0667. The molecular weight excluding hydrogens is 262 g/mol. The molecule has 0 aromatic heterocycles. The maximum absolute atomic E-state index is 13.2. The molecule has 0 saturated carbocycles. The first-order valence-electron chi connectivity index (χ1n) is 6.57. The van der Waals surface area contributed by atoms with Crippen LogP contribution < -0.4 is 0 Å². The Hall–Kier alpha value is -0.0600. The summed E-state index contributed by atoms with van der Waals surface area (Å²) < 4.78 is 26.2. The standard InChI is InChI=1S/C14H22O2P2/c1-8-7-17(5,15)13-11-9(2)10(3)12(14(8,13)4)18(11,6)16/h7,11-13H,1-6H3/t11-,12+,13+,14-,17?,18?/m0/s1. The summed E-state index contributed by atoms with van der Waals surface area (Å²) in [6.07, 6.45) is 0. The van der Waals surface area contributed by atoms with E-state index >= 15 is 0 Å². The summed E-state index contributed by atoms with van der Waals surface area (Å²) in [6, 6.07) is 0. The zero-order chi connectivity index (χ0) is 13.7. The smallest absolute Gasteiger partial charge is 0.110 e. The van der Waals surface area contributed by atoms with Gasteiger partial charge in [-0.1, -0.05) is 23.6 Å². The molecule has 0 spiro atoms. The third-order valence-corrected chi connectivity index (χ3v) is 12.7. The molecule has 1 fully saturated rings. The second-order valence-corrected chi connectivity index (χ2v) is 13.0. The first-order valence-corrected chi connectivity index (χ1v) is 11.2. The summed E-state index contributed by atoms with van der Waals surface area (Å²) >= 11 is 0. The van der Waals surface area contributed by atoms with E-state index in [1.54, 1.807) is 0 Å². The largest absolute Gasteiger partial charge is 0.323 e. The quantitative estimate of drug-likeness (QED) is 0.489. The molecule has 3 heterocycles. The Kier molecular flexibility index (Phi) is 2.27. The van der Waals surface area contributed by atoms with Gasteiger partial charge in [-0.2, -0.15) is 0 Å². The third-order valence-electron chi connectivity index (χ3n) is 5.87. The lowest BCUT2D eigenvalue weighted by Gasteiger charge is -2.38. The van der Waals surface area contributed by atoms with Crippen LogP contribution in [0.25, 0.3) is 0 Å². The van der Waals surface area contributed by atoms with Gasteiger partial charge in [0.25, 0.3) is 0 Å². The molecule has 2 unspecified atom stereocenters. The highest BCUT2D eigenvalue weighted by Gasteiger charge is 2.72. The first-order chi connectivity index (χ1) is 8.06. The average Bonchev–Trinajstić information content (AvgIpc) is 2.57. The minimum atomic E-state index is -2.32. The van der Waals surface area contributed by atoms with Crippen LogP contribution in [0.1, 0.15) is 27.7 Å². The number of fused-ring (bicyclic) bond motifs is 5. The molecule has 3 aliphatic heterocycles. The summed E-state index contributed by atoms with van der Waals surface area (Å²) in [5.74, 6) is 2.00. The van der Waals surface area contributed by atoms with Gasteiger partial charge in [-0.15, -0.1) is 0 Å². The van der Waals surface area contributed by atoms with E-state index in [1.807, 2.05) is 19.1 Å². The van der Waals surface area contributed by atoms with Gasteiger partial charge in [-0.3, -0.25) is 0 Å². The van der Waals surface area contributed by atoms with Crippen molar-refractivity contribution in [3.63, 3.8) is 0 Å². The Morgan fingerprint density at radius 2 is 1.67 bits per heavy atom. The molecule has 6 atom stereocenters. The molecule has 1 saturated heterocycles. The molecule has 4 heteroatoms. The van der Waals surface area contributed by atoms with Crippen LogP contribution in [0.15, 0.2) is 22.5 Å². The maximum atomic E-state index is 13.2. The summed E-state index contributed by atoms with van der Waals surface area (Å²) in [5.41, 5.74) is 3.94. The molecule has 100 valence electrons. The lowest BCUT2D eigenvalue weighted by Crippen LogP contribution is -2.40. The van der Waals surface area contributed by atoms with Crippen molar-refractivity contribution in [3.8, 4) is 0 Å².